The van der Waals surface area contributed by atoms with Crippen molar-refractivity contribution in [2.45, 2.75) is 0 Å². The summed E-state index contributed by atoms with van der Waals surface area (Å²) in [4.78, 5) is 30.3. The largest absolute Gasteiger partial charge is 0.439 e. The molecular formula is C19H12N2O3. The van der Waals surface area contributed by atoms with Crippen LogP contribution in [0.5, 0.6) is 11.6 Å². The van der Waals surface area contributed by atoms with Crippen LogP contribution in [0.3, 0.4) is 0 Å². The fourth-order valence-corrected chi connectivity index (χ4v) is 2.64. The number of pyridine rings is 1. The lowest BCUT2D eigenvalue weighted by atomic mass is 10.1. The van der Waals surface area contributed by atoms with E-state index in [0.717, 1.165) is 4.90 Å². The number of ether oxygens (including phenoxy) is 1. The van der Waals surface area contributed by atoms with Crippen molar-refractivity contribution in [3.8, 4) is 11.6 Å². The van der Waals surface area contributed by atoms with Crippen molar-refractivity contribution in [2.24, 2.45) is 0 Å². The Hall–Kier alpha value is -3.47. The fourth-order valence-electron chi connectivity index (χ4n) is 2.64. The first-order valence-corrected chi connectivity index (χ1v) is 7.41. The van der Waals surface area contributed by atoms with E-state index >= 15 is 0 Å². The first kappa shape index (κ1) is 14.1. The molecule has 0 saturated heterocycles. The van der Waals surface area contributed by atoms with Crippen LogP contribution in [-0.4, -0.2) is 16.8 Å². The molecule has 5 heteroatoms. The van der Waals surface area contributed by atoms with E-state index in [0.29, 0.717) is 28.4 Å². The maximum Gasteiger partial charge on any atom is 0.266 e. The fraction of sp³-hybridized carbons (Fsp3) is 0. The first-order chi connectivity index (χ1) is 11.7. The SMILES string of the molecule is O=C1c2ccccc2C(=O)N1c1cccc(Oc2ccccn2)c1. The Morgan fingerprint density at radius 3 is 2.17 bits per heavy atom. The molecule has 1 aliphatic rings. The standard InChI is InChI=1S/C19H12N2O3/c22-18-15-8-1-2-9-16(15)19(23)21(18)13-6-5-7-14(12-13)24-17-10-3-4-11-20-17/h1-12H. The van der Waals surface area contributed by atoms with E-state index < -0.39 is 0 Å². The Morgan fingerprint density at radius 2 is 1.50 bits per heavy atom. The number of hydrogen-bond acceptors (Lipinski definition) is 4. The Kier molecular flexibility index (Phi) is 3.31. The zero-order chi connectivity index (χ0) is 16.5. The van der Waals surface area contributed by atoms with Crippen molar-refractivity contribution in [1.29, 1.82) is 0 Å². The van der Waals surface area contributed by atoms with E-state index in [4.69, 9.17) is 4.74 Å². The number of anilines is 1. The number of carbonyl (C=O) groups excluding carboxylic acids is 2. The quantitative estimate of drug-likeness (QED) is 0.692. The minimum absolute atomic E-state index is 0.328. The molecule has 5 nitrogen and oxygen atoms in total. The van der Waals surface area contributed by atoms with E-state index in [1.165, 1.54) is 0 Å². The van der Waals surface area contributed by atoms with Gasteiger partial charge in [0.1, 0.15) is 5.75 Å². The normalized spacial score (nSPS) is 13.1. The van der Waals surface area contributed by atoms with Crippen LogP contribution in [0.2, 0.25) is 0 Å². The maximum atomic E-state index is 12.5. The van der Waals surface area contributed by atoms with Gasteiger partial charge in [0, 0.05) is 18.3 Å². The molecule has 2 aromatic carbocycles. The number of fused-ring (bicyclic) bond motifs is 1. The number of nitrogens with zero attached hydrogens (tertiary/aromatic N) is 2. The second kappa shape index (κ2) is 5.62. The van der Waals surface area contributed by atoms with Crippen molar-refractivity contribution < 1.29 is 14.3 Å². The van der Waals surface area contributed by atoms with Gasteiger partial charge in [-0.2, -0.15) is 0 Å². The molecule has 3 aromatic rings. The highest BCUT2D eigenvalue weighted by atomic mass is 16.5. The Labute approximate surface area is 138 Å². The van der Waals surface area contributed by atoms with Crippen LogP contribution in [-0.2, 0) is 0 Å². The third kappa shape index (κ3) is 2.32. The third-order valence-corrected chi connectivity index (χ3v) is 3.73. The van der Waals surface area contributed by atoms with Crippen LogP contribution in [0, 0.1) is 0 Å². The molecule has 0 atom stereocenters. The monoisotopic (exact) mass is 316 g/mol. The highest BCUT2D eigenvalue weighted by molar-refractivity contribution is 6.34. The van der Waals surface area contributed by atoms with Gasteiger partial charge in [-0.3, -0.25) is 9.59 Å². The number of hydrogen-bond donors (Lipinski definition) is 0. The Bertz CT molecular complexity index is 903. The summed E-state index contributed by atoms with van der Waals surface area (Å²) in [6, 6.07) is 19.0. The molecule has 0 N–H and O–H groups in total. The molecule has 4 rings (SSSR count). The average molecular weight is 316 g/mol. The molecule has 0 saturated carbocycles. The number of carbonyl (C=O) groups is 2. The van der Waals surface area contributed by atoms with Crippen molar-refractivity contribution in [2.75, 3.05) is 4.90 Å². The minimum Gasteiger partial charge on any atom is -0.439 e. The second-order valence-corrected chi connectivity index (χ2v) is 5.26. The molecule has 2 heterocycles. The van der Waals surface area contributed by atoms with Crippen LogP contribution in [0.15, 0.2) is 72.9 Å². The van der Waals surface area contributed by atoms with Gasteiger partial charge < -0.3 is 4.74 Å². The van der Waals surface area contributed by atoms with Crippen molar-refractivity contribution >= 4 is 17.5 Å². The van der Waals surface area contributed by atoms with Gasteiger partial charge in [-0.05, 0) is 30.3 Å². The summed E-state index contributed by atoms with van der Waals surface area (Å²) in [7, 11) is 0. The summed E-state index contributed by atoms with van der Waals surface area (Å²) in [6.07, 6.45) is 1.63. The smallest absolute Gasteiger partial charge is 0.266 e. The van der Waals surface area contributed by atoms with Gasteiger partial charge in [-0.15, -0.1) is 0 Å². The topological polar surface area (TPSA) is 59.5 Å². The molecule has 1 aliphatic heterocycles. The summed E-state index contributed by atoms with van der Waals surface area (Å²) in [5.74, 6) is 0.288. The van der Waals surface area contributed by atoms with Gasteiger partial charge in [0.25, 0.3) is 11.8 Å². The van der Waals surface area contributed by atoms with E-state index in [2.05, 4.69) is 4.98 Å². The van der Waals surface area contributed by atoms with E-state index in [9.17, 15) is 9.59 Å². The molecule has 0 fully saturated rings. The van der Waals surface area contributed by atoms with E-state index in [1.54, 1.807) is 66.9 Å². The van der Waals surface area contributed by atoms with Gasteiger partial charge >= 0.3 is 0 Å². The van der Waals surface area contributed by atoms with Crippen molar-refractivity contribution in [3.63, 3.8) is 0 Å². The molecular weight excluding hydrogens is 304 g/mol. The predicted molar refractivity (Wildman–Crippen MR) is 88.3 cm³/mol. The van der Waals surface area contributed by atoms with Crippen molar-refractivity contribution in [3.05, 3.63) is 84.1 Å². The maximum absolute atomic E-state index is 12.5. The number of benzene rings is 2. The minimum atomic E-state index is -0.328. The predicted octanol–water partition coefficient (Wildman–Crippen LogP) is 3.67. The second-order valence-electron chi connectivity index (χ2n) is 5.26. The average Bonchev–Trinajstić information content (AvgIpc) is 2.87. The van der Waals surface area contributed by atoms with Gasteiger partial charge in [-0.25, -0.2) is 9.88 Å². The molecule has 0 radical (unpaired) electrons. The van der Waals surface area contributed by atoms with E-state index in [-0.39, 0.29) is 11.8 Å². The Morgan fingerprint density at radius 1 is 0.792 bits per heavy atom. The highest BCUT2D eigenvalue weighted by Gasteiger charge is 2.36. The summed E-state index contributed by atoms with van der Waals surface area (Å²) in [6.45, 7) is 0. The highest BCUT2D eigenvalue weighted by Crippen LogP contribution is 2.31. The summed E-state index contributed by atoms with van der Waals surface area (Å²) in [5, 5.41) is 0. The van der Waals surface area contributed by atoms with Gasteiger partial charge in [0.2, 0.25) is 5.88 Å². The molecule has 1 aromatic heterocycles. The number of rotatable bonds is 3. The van der Waals surface area contributed by atoms with Crippen molar-refractivity contribution in [1.82, 2.24) is 4.98 Å². The molecule has 24 heavy (non-hydrogen) atoms. The lowest BCUT2D eigenvalue weighted by Crippen LogP contribution is -2.29. The lowest BCUT2D eigenvalue weighted by Gasteiger charge is -2.15. The Balaban J connectivity index is 1.67. The number of aromatic nitrogens is 1. The molecule has 2 amide bonds. The zero-order valence-electron chi connectivity index (χ0n) is 12.5. The number of amides is 2. The summed E-state index contributed by atoms with van der Waals surface area (Å²) in [5.41, 5.74) is 1.30. The molecule has 0 bridgehead atoms. The number of imide groups is 1. The van der Waals surface area contributed by atoms with Crippen LogP contribution < -0.4 is 9.64 Å². The van der Waals surface area contributed by atoms with Gasteiger partial charge in [0.05, 0.1) is 16.8 Å². The lowest BCUT2D eigenvalue weighted by molar-refractivity contribution is 0.0926. The van der Waals surface area contributed by atoms with Gasteiger partial charge in [-0.1, -0.05) is 24.3 Å². The van der Waals surface area contributed by atoms with Crippen LogP contribution >= 0.6 is 0 Å². The molecule has 0 spiro atoms. The molecule has 0 unspecified atom stereocenters. The molecule has 0 aliphatic carbocycles. The third-order valence-electron chi connectivity index (χ3n) is 3.73. The molecule has 116 valence electrons. The van der Waals surface area contributed by atoms with Gasteiger partial charge in [0.15, 0.2) is 0 Å². The van der Waals surface area contributed by atoms with Crippen LogP contribution in [0.1, 0.15) is 20.7 Å². The van der Waals surface area contributed by atoms with Crippen LogP contribution in [0.25, 0.3) is 0 Å². The van der Waals surface area contributed by atoms with E-state index in [1.807, 2.05) is 6.07 Å². The summed E-state index contributed by atoms with van der Waals surface area (Å²) < 4.78 is 5.67. The summed E-state index contributed by atoms with van der Waals surface area (Å²) >= 11 is 0. The first-order valence-electron chi connectivity index (χ1n) is 7.41. The zero-order valence-corrected chi connectivity index (χ0v) is 12.5. The van der Waals surface area contributed by atoms with Crippen LogP contribution in [0.4, 0.5) is 5.69 Å².